The van der Waals surface area contributed by atoms with Gasteiger partial charge in [-0.15, -0.1) is 12.4 Å². The summed E-state index contributed by atoms with van der Waals surface area (Å²) in [5, 5.41) is 6.18. The van der Waals surface area contributed by atoms with Crippen molar-refractivity contribution in [3.05, 3.63) is 35.9 Å². The SMILES string of the molecule is Cl.O=C1NC(c2ccccc2)=NC12CCNCC2. The Labute approximate surface area is 112 Å². The van der Waals surface area contributed by atoms with Crippen molar-refractivity contribution in [1.29, 1.82) is 0 Å². The number of benzene rings is 1. The van der Waals surface area contributed by atoms with Gasteiger partial charge in [-0.25, -0.2) is 0 Å². The molecule has 1 amide bonds. The number of piperidine rings is 1. The molecule has 96 valence electrons. The molecule has 0 radical (unpaired) electrons. The van der Waals surface area contributed by atoms with Gasteiger partial charge < -0.3 is 10.6 Å². The highest BCUT2D eigenvalue weighted by Crippen LogP contribution is 2.28. The maximum absolute atomic E-state index is 12.1. The third-order valence-corrected chi connectivity index (χ3v) is 3.46. The Morgan fingerprint density at radius 2 is 1.78 bits per heavy atom. The third kappa shape index (κ3) is 2.13. The fraction of sp³-hybridized carbons (Fsp3) is 0.385. The van der Waals surface area contributed by atoms with E-state index in [1.54, 1.807) is 0 Å². The van der Waals surface area contributed by atoms with Crippen molar-refractivity contribution in [3.63, 3.8) is 0 Å². The molecule has 0 aliphatic carbocycles. The lowest BCUT2D eigenvalue weighted by Crippen LogP contribution is -2.47. The van der Waals surface area contributed by atoms with Gasteiger partial charge in [0.05, 0.1) is 0 Å². The van der Waals surface area contributed by atoms with Crippen molar-refractivity contribution < 1.29 is 4.79 Å². The van der Waals surface area contributed by atoms with Crippen molar-refractivity contribution >= 4 is 24.1 Å². The quantitative estimate of drug-likeness (QED) is 0.799. The zero-order valence-electron chi connectivity index (χ0n) is 9.98. The average Bonchev–Trinajstić information content (AvgIpc) is 2.69. The highest BCUT2D eigenvalue weighted by atomic mass is 35.5. The van der Waals surface area contributed by atoms with Crippen molar-refractivity contribution in [1.82, 2.24) is 10.6 Å². The molecule has 5 heteroatoms. The first-order valence-electron chi connectivity index (χ1n) is 5.98. The summed E-state index contributed by atoms with van der Waals surface area (Å²) in [6.45, 7) is 1.72. The predicted octanol–water partition coefficient (Wildman–Crippen LogP) is 1.11. The molecule has 0 atom stereocenters. The maximum Gasteiger partial charge on any atom is 0.253 e. The van der Waals surface area contributed by atoms with Crippen LogP contribution in [0.4, 0.5) is 0 Å². The fourth-order valence-electron chi connectivity index (χ4n) is 2.43. The molecule has 18 heavy (non-hydrogen) atoms. The molecule has 1 fully saturated rings. The van der Waals surface area contributed by atoms with E-state index < -0.39 is 5.54 Å². The van der Waals surface area contributed by atoms with Gasteiger partial charge in [-0.2, -0.15) is 0 Å². The van der Waals surface area contributed by atoms with Crippen molar-refractivity contribution in [3.8, 4) is 0 Å². The molecule has 2 aliphatic heterocycles. The summed E-state index contributed by atoms with van der Waals surface area (Å²) >= 11 is 0. The van der Waals surface area contributed by atoms with E-state index in [2.05, 4.69) is 15.6 Å². The number of rotatable bonds is 1. The van der Waals surface area contributed by atoms with Crippen LogP contribution < -0.4 is 10.6 Å². The van der Waals surface area contributed by atoms with E-state index in [9.17, 15) is 4.79 Å². The van der Waals surface area contributed by atoms with Gasteiger partial charge in [-0.3, -0.25) is 9.79 Å². The van der Waals surface area contributed by atoms with Crippen LogP contribution >= 0.6 is 12.4 Å². The summed E-state index contributed by atoms with van der Waals surface area (Å²) in [5.74, 6) is 0.773. The van der Waals surface area contributed by atoms with Crippen LogP contribution in [-0.2, 0) is 4.79 Å². The summed E-state index contributed by atoms with van der Waals surface area (Å²) in [6.07, 6.45) is 1.57. The van der Waals surface area contributed by atoms with Crippen LogP contribution in [0.2, 0.25) is 0 Å². The molecule has 0 unspecified atom stereocenters. The van der Waals surface area contributed by atoms with Gasteiger partial charge in [0.1, 0.15) is 11.4 Å². The minimum absolute atomic E-state index is 0. The highest BCUT2D eigenvalue weighted by molar-refractivity contribution is 6.15. The van der Waals surface area contributed by atoms with Crippen LogP contribution in [0.1, 0.15) is 18.4 Å². The van der Waals surface area contributed by atoms with Gasteiger partial charge in [-0.1, -0.05) is 30.3 Å². The molecule has 1 aromatic carbocycles. The van der Waals surface area contributed by atoms with Crippen LogP contribution in [0.25, 0.3) is 0 Å². The van der Waals surface area contributed by atoms with Gasteiger partial charge in [0.15, 0.2) is 0 Å². The Morgan fingerprint density at radius 3 is 2.44 bits per heavy atom. The molecule has 1 spiro atoms. The highest BCUT2D eigenvalue weighted by Gasteiger charge is 2.44. The van der Waals surface area contributed by atoms with Gasteiger partial charge in [0, 0.05) is 5.56 Å². The van der Waals surface area contributed by atoms with Crippen molar-refractivity contribution in [2.24, 2.45) is 4.99 Å². The normalized spacial score (nSPS) is 21.1. The number of hydrogen-bond acceptors (Lipinski definition) is 3. The molecule has 0 bridgehead atoms. The number of nitrogens with one attached hydrogen (secondary N) is 2. The standard InChI is InChI=1S/C13H15N3O.ClH/c17-12-13(6-8-14-9-7-13)16-11(15-12)10-4-2-1-3-5-10;/h1-5,14H,6-9H2,(H,15,16,17);1H. The van der Waals surface area contributed by atoms with Gasteiger partial charge in [0.2, 0.25) is 0 Å². The molecule has 4 nitrogen and oxygen atoms in total. The molecule has 0 aromatic heterocycles. The predicted molar refractivity (Wildman–Crippen MR) is 73.2 cm³/mol. The number of aliphatic imine (C=N–C) groups is 1. The first kappa shape index (κ1) is 13.1. The van der Waals surface area contributed by atoms with E-state index in [1.807, 2.05) is 30.3 Å². The summed E-state index contributed by atoms with van der Waals surface area (Å²) in [6, 6.07) is 9.81. The summed E-state index contributed by atoms with van der Waals surface area (Å²) in [4.78, 5) is 16.7. The summed E-state index contributed by atoms with van der Waals surface area (Å²) in [5.41, 5.74) is 0.465. The molecule has 1 saturated heterocycles. The van der Waals surface area contributed by atoms with E-state index in [1.165, 1.54) is 0 Å². The minimum Gasteiger partial charge on any atom is -0.317 e. The largest absolute Gasteiger partial charge is 0.317 e. The number of carbonyl (C=O) groups excluding carboxylic acids is 1. The second kappa shape index (κ2) is 5.08. The van der Waals surface area contributed by atoms with Crippen LogP contribution in [0, 0.1) is 0 Å². The number of halogens is 1. The Morgan fingerprint density at radius 1 is 1.11 bits per heavy atom. The van der Waals surface area contributed by atoms with E-state index in [0.29, 0.717) is 0 Å². The van der Waals surface area contributed by atoms with Gasteiger partial charge in [0.25, 0.3) is 5.91 Å². The molecule has 2 aliphatic rings. The second-order valence-corrected chi connectivity index (χ2v) is 4.56. The molecule has 1 aromatic rings. The number of carbonyl (C=O) groups is 1. The molecule has 3 rings (SSSR count). The minimum atomic E-state index is -0.517. The average molecular weight is 266 g/mol. The molecule has 2 heterocycles. The van der Waals surface area contributed by atoms with E-state index in [-0.39, 0.29) is 18.3 Å². The zero-order valence-corrected chi connectivity index (χ0v) is 10.8. The first-order valence-corrected chi connectivity index (χ1v) is 5.98. The molecule has 2 N–H and O–H groups in total. The van der Waals surface area contributed by atoms with E-state index in [0.717, 1.165) is 37.3 Å². The van der Waals surface area contributed by atoms with Gasteiger partial charge in [-0.05, 0) is 25.9 Å². The maximum atomic E-state index is 12.1. The van der Waals surface area contributed by atoms with Gasteiger partial charge >= 0.3 is 0 Å². The summed E-state index contributed by atoms with van der Waals surface area (Å²) in [7, 11) is 0. The third-order valence-electron chi connectivity index (χ3n) is 3.46. The summed E-state index contributed by atoms with van der Waals surface area (Å²) < 4.78 is 0. The molecular formula is C13H16ClN3O. The smallest absolute Gasteiger partial charge is 0.253 e. The Hall–Kier alpha value is -1.39. The van der Waals surface area contributed by atoms with Crippen LogP contribution in [0.3, 0.4) is 0 Å². The topological polar surface area (TPSA) is 53.5 Å². The first-order chi connectivity index (χ1) is 8.30. The number of hydrogen-bond donors (Lipinski definition) is 2. The second-order valence-electron chi connectivity index (χ2n) is 4.56. The fourth-order valence-corrected chi connectivity index (χ4v) is 2.43. The zero-order chi connectivity index (χ0) is 11.7. The Kier molecular flexibility index (Phi) is 3.68. The molecular weight excluding hydrogens is 250 g/mol. The number of nitrogens with zero attached hydrogens (tertiary/aromatic N) is 1. The van der Waals surface area contributed by atoms with Crippen LogP contribution in [0.5, 0.6) is 0 Å². The lowest BCUT2D eigenvalue weighted by atomic mass is 9.89. The Bertz CT molecular complexity index is 466. The van der Waals surface area contributed by atoms with E-state index in [4.69, 9.17) is 0 Å². The number of amides is 1. The van der Waals surface area contributed by atoms with Crippen LogP contribution in [0.15, 0.2) is 35.3 Å². The van der Waals surface area contributed by atoms with Crippen molar-refractivity contribution in [2.75, 3.05) is 13.1 Å². The molecule has 0 saturated carbocycles. The monoisotopic (exact) mass is 265 g/mol. The van der Waals surface area contributed by atoms with Crippen molar-refractivity contribution in [2.45, 2.75) is 18.4 Å². The number of amidine groups is 1. The lowest BCUT2D eigenvalue weighted by Gasteiger charge is -2.28. The van der Waals surface area contributed by atoms with Crippen LogP contribution in [-0.4, -0.2) is 30.4 Å². The Balaban J connectivity index is 0.00000120. The lowest BCUT2D eigenvalue weighted by molar-refractivity contribution is -0.124. The van der Waals surface area contributed by atoms with E-state index >= 15 is 0 Å².